The number of hydrogen-bond acceptors (Lipinski definition) is 8. The first kappa shape index (κ1) is 93.2. The molecule has 9 nitrogen and oxygen atoms in total. The van der Waals surface area contributed by atoms with Crippen LogP contribution in [0.4, 0.5) is 0 Å². The van der Waals surface area contributed by atoms with Crippen LogP contribution in [0.1, 0.15) is 373 Å². The Morgan fingerprint density at radius 1 is 0.309 bits per heavy atom. The van der Waals surface area contributed by atoms with Crippen molar-refractivity contribution in [3.05, 3.63) is 134 Å². The van der Waals surface area contributed by atoms with E-state index in [2.05, 4.69) is 148 Å². The van der Waals surface area contributed by atoms with Crippen molar-refractivity contribution in [2.75, 3.05) is 26.4 Å². The summed E-state index contributed by atoms with van der Waals surface area (Å²) in [5.74, 6) is -0.813. The number of ether oxygens (including phenoxy) is 2. The van der Waals surface area contributed by atoms with Crippen LogP contribution in [0.25, 0.3) is 0 Å². The van der Waals surface area contributed by atoms with Crippen molar-refractivity contribution in [2.45, 2.75) is 380 Å². The van der Waals surface area contributed by atoms with E-state index < -0.39 is 26.5 Å². The molecule has 0 saturated carbocycles. The quantitative estimate of drug-likeness (QED) is 0.0264. The van der Waals surface area contributed by atoms with Crippen molar-refractivity contribution in [3.8, 4) is 0 Å². The third-order valence-corrected chi connectivity index (χ3v) is 18.5. The maximum absolute atomic E-state index is 12.8. The summed E-state index contributed by atoms with van der Waals surface area (Å²) in [5, 5.41) is 0. The molecule has 97 heavy (non-hydrogen) atoms. The van der Waals surface area contributed by atoms with Gasteiger partial charge in [0.25, 0.3) is 0 Å². The number of hydrogen-bond donors (Lipinski definition) is 2. The second-order valence-electron chi connectivity index (χ2n) is 26.9. The van der Waals surface area contributed by atoms with Crippen LogP contribution >= 0.6 is 7.82 Å². The lowest BCUT2D eigenvalue weighted by atomic mass is 10.0. The molecule has 3 N–H and O–H groups in total. The molecule has 10 heteroatoms. The molecule has 558 valence electrons. The fourth-order valence-electron chi connectivity index (χ4n) is 11.6. The molecule has 0 bridgehead atoms. The molecule has 0 aromatic rings. The summed E-state index contributed by atoms with van der Waals surface area (Å²) in [6, 6.07) is 0. The van der Waals surface area contributed by atoms with Gasteiger partial charge in [-0.25, -0.2) is 4.57 Å². The number of phosphoric acid groups is 1. The van der Waals surface area contributed by atoms with Gasteiger partial charge in [-0.1, -0.05) is 385 Å². The van der Waals surface area contributed by atoms with Crippen molar-refractivity contribution >= 4 is 19.8 Å². The predicted octanol–water partition coefficient (Wildman–Crippen LogP) is 27.5. The van der Waals surface area contributed by atoms with Gasteiger partial charge in [-0.2, -0.15) is 0 Å². The topological polar surface area (TPSA) is 134 Å². The first-order chi connectivity index (χ1) is 47.8. The number of carbonyl (C=O) groups is 2. The summed E-state index contributed by atoms with van der Waals surface area (Å²) in [7, 11) is -4.40. The average molecular weight is 1370 g/mol. The van der Waals surface area contributed by atoms with Gasteiger partial charge in [0.2, 0.25) is 0 Å². The Labute approximate surface area is 599 Å². The van der Waals surface area contributed by atoms with E-state index in [9.17, 15) is 19.0 Å². The van der Waals surface area contributed by atoms with Gasteiger partial charge in [-0.15, -0.1) is 0 Å². The molecule has 0 spiro atoms. The lowest BCUT2D eigenvalue weighted by molar-refractivity contribution is -0.161. The maximum Gasteiger partial charge on any atom is 0.472 e. The third kappa shape index (κ3) is 81.0. The van der Waals surface area contributed by atoms with Gasteiger partial charge in [0.1, 0.15) is 6.61 Å². The first-order valence-electron chi connectivity index (χ1n) is 40.7. The Morgan fingerprint density at radius 2 is 0.536 bits per heavy atom. The number of carbonyl (C=O) groups excluding carboxylic acids is 2. The summed E-state index contributed by atoms with van der Waals surface area (Å²) in [6.07, 6.45) is 116. The molecule has 0 aliphatic heterocycles. The number of rotatable bonds is 76. The lowest BCUT2D eigenvalue weighted by Gasteiger charge is -2.19. The third-order valence-electron chi connectivity index (χ3n) is 17.5. The highest BCUT2D eigenvalue weighted by atomic mass is 31.2. The van der Waals surface area contributed by atoms with Crippen LogP contribution in [-0.2, 0) is 32.7 Å². The summed E-state index contributed by atoms with van der Waals surface area (Å²) in [6.45, 7) is 3.56. The molecule has 2 unspecified atom stereocenters. The largest absolute Gasteiger partial charge is 0.472 e. The van der Waals surface area contributed by atoms with Crippen molar-refractivity contribution in [1.29, 1.82) is 0 Å². The van der Waals surface area contributed by atoms with E-state index in [1.165, 1.54) is 231 Å². The molecular formula is C87H152NO8P. The highest BCUT2D eigenvalue weighted by molar-refractivity contribution is 7.47. The van der Waals surface area contributed by atoms with Gasteiger partial charge in [-0.05, 0) is 109 Å². The second kappa shape index (κ2) is 81.1. The molecule has 0 amide bonds. The van der Waals surface area contributed by atoms with Crippen LogP contribution in [0.5, 0.6) is 0 Å². The predicted molar refractivity (Wildman–Crippen MR) is 422 cm³/mol. The van der Waals surface area contributed by atoms with Crippen LogP contribution in [0.2, 0.25) is 0 Å². The van der Waals surface area contributed by atoms with Crippen molar-refractivity contribution in [2.24, 2.45) is 5.73 Å². The summed E-state index contributed by atoms with van der Waals surface area (Å²) in [4.78, 5) is 35.5. The number of allylic oxidation sites excluding steroid dienone is 22. The van der Waals surface area contributed by atoms with E-state index in [0.29, 0.717) is 6.42 Å². The highest BCUT2D eigenvalue weighted by Gasteiger charge is 2.26. The second-order valence-corrected chi connectivity index (χ2v) is 28.3. The van der Waals surface area contributed by atoms with Crippen LogP contribution in [0.3, 0.4) is 0 Å². The van der Waals surface area contributed by atoms with Gasteiger partial charge in [-0.3, -0.25) is 18.6 Å². The van der Waals surface area contributed by atoms with Crippen molar-refractivity contribution in [1.82, 2.24) is 0 Å². The van der Waals surface area contributed by atoms with Crippen LogP contribution in [-0.4, -0.2) is 49.3 Å². The van der Waals surface area contributed by atoms with Gasteiger partial charge >= 0.3 is 19.8 Å². The minimum Gasteiger partial charge on any atom is -0.462 e. The van der Waals surface area contributed by atoms with E-state index in [-0.39, 0.29) is 38.6 Å². The standard InChI is InChI=1S/C87H152NO8P/c1-3-5-7-9-11-13-15-17-19-21-23-25-27-29-31-33-35-37-39-41-42-44-45-47-49-51-53-55-57-59-61-63-65-67-69-71-73-75-77-79-86(89)93-83-85(84-95-97(91,92)94-82-81-88)96-87(90)80-78-76-74-72-70-68-66-64-62-60-58-56-54-52-50-48-46-43-40-38-36-34-32-30-28-26-24-22-20-18-16-14-12-10-8-6-4-2/h5-8,11-14,17-20,23-26,29-32,36,38,85H,3-4,9-10,15-16,21-22,27-28,33-35,37,39-84,88H2,1-2H3,(H,91,92)/b7-5-,8-6-,13-11-,14-12-,19-17-,20-18-,25-23-,26-24-,31-29-,32-30-,38-36-. The Morgan fingerprint density at radius 3 is 0.794 bits per heavy atom. The Balaban J connectivity index is 3.79. The minimum atomic E-state index is -4.40. The van der Waals surface area contributed by atoms with Gasteiger partial charge < -0.3 is 20.1 Å². The molecule has 0 rings (SSSR count). The molecule has 0 aliphatic carbocycles. The summed E-state index contributed by atoms with van der Waals surface area (Å²) in [5.41, 5.74) is 5.42. The van der Waals surface area contributed by atoms with E-state index in [1.54, 1.807) is 0 Å². The van der Waals surface area contributed by atoms with Gasteiger partial charge in [0.15, 0.2) is 6.10 Å². The summed E-state index contributed by atoms with van der Waals surface area (Å²) >= 11 is 0. The molecular weight excluding hydrogens is 1220 g/mol. The van der Waals surface area contributed by atoms with E-state index in [0.717, 1.165) is 109 Å². The molecule has 0 radical (unpaired) electrons. The SMILES string of the molecule is CC/C=C\C/C=C\C/C=C\C/C=C\C/C=C\C/C=C\CCCCCCCCCCCCCCCCCCCCC(=O)OC(COC(=O)CCCCCCCCCCCCCCCCCCCCCCCCC/C=C\C/C=C\C/C=C\C/C=C\C/C=C\CC)COP(=O)(O)OCCN. The molecule has 0 aromatic heterocycles. The minimum absolute atomic E-state index is 0.0518. The van der Waals surface area contributed by atoms with E-state index in [1.807, 2.05) is 0 Å². The number of phosphoric ester groups is 1. The molecule has 0 heterocycles. The van der Waals surface area contributed by atoms with Crippen LogP contribution in [0, 0.1) is 0 Å². The van der Waals surface area contributed by atoms with Crippen molar-refractivity contribution in [3.63, 3.8) is 0 Å². The Bertz CT molecular complexity index is 2060. The molecule has 0 saturated heterocycles. The highest BCUT2D eigenvalue weighted by Crippen LogP contribution is 2.43. The molecule has 0 fully saturated rings. The maximum atomic E-state index is 12.8. The van der Waals surface area contributed by atoms with E-state index in [4.69, 9.17) is 24.3 Å². The fraction of sp³-hybridized carbons (Fsp3) is 0.724. The zero-order valence-electron chi connectivity index (χ0n) is 63.0. The number of nitrogens with two attached hydrogens (primary N) is 1. The van der Waals surface area contributed by atoms with Crippen LogP contribution in [0.15, 0.2) is 134 Å². The Kier molecular flexibility index (Phi) is 77.9. The fourth-order valence-corrected chi connectivity index (χ4v) is 12.4. The zero-order chi connectivity index (χ0) is 70.0. The molecule has 2 atom stereocenters. The van der Waals surface area contributed by atoms with Gasteiger partial charge in [0.05, 0.1) is 13.2 Å². The zero-order valence-corrected chi connectivity index (χ0v) is 63.9. The summed E-state index contributed by atoms with van der Waals surface area (Å²) < 4.78 is 33.3. The normalized spacial score (nSPS) is 13.6. The molecule has 0 aromatic carbocycles. The van der Waals surface area contributed by atoms with Gasteiger partial charge in [0, 0.05) is 19.4 Å². The smallest absolute Gasteiger partial charge is 0.462 e. The lowest BCUT2D eigenvalue weighted by Crippen LogP contribution is -2.29. The first-order valence-corrected chi connectivity index (χ1v) is 42.2. The van der Waals surface area contributed by atoms with Crippen molar-refractivity contribution < 1.29 is 37.6 Å². The number of esters is 2. The monoisotopic (exact) mass is 1370 g/mol. The Hall–Kier alpha value is -3.85. The number of unbranched alkanes of at least 4 members (excludes halogenated alkanes) is 41. The average Bonchev–Trinajstić information content (AvgIpc) is 2.17. The molecule has 0 aliphatic rings. The van der Waals surface area contributed by atoms with Crippen LogP contribution < -0.4 is 5.73 Å². The van der Waals surface area contributed by atoms with E-state index >= 15 is 0 Å².